The van der Waals surface area contributed by atoms with Crippen molar-refractivity contribution < 1.29 is 22.0 Å². The first-order valence-electron chi connectivity index (χ1n) is 12.0. The molecule has 0 aliphatic heterocycles. The summed E-state index contributed by atoms with van der Waals surface area (Å²) in [5.41, 5.74) is 0.160. The number of hydrogen-bond acceptors (Lipinski definition) is 2. The van der Waals surface area contributed by atoms with Crippen molar-refractivity contribution in [2.24, 2.45) is 0 Å². The number of carbonyl (C=O) groups is 2. The van der Waals surface area contributed by atoms with E-state index in [1.165, 1.54) is 0 Å². The summed E-state index contributed by atoms with van der Waals surface area (Å²) < 4.78 is 0. The molecule has 0 heterocycles. The number of carbonyl (C=O) groups excluding carboxylic acids is 2. The van der Waals surface area contributed by atoms with Gasteiger partial charge in [0.05, 0.1) is 0 Å². The first-order chi connectivity index (χ1) is 17.7. The second kappa shape index (κ2) is 11.9. The van der Waals surface area contributed by atoms with E-state index in [1.807, 2.05) is 115 Å². The van der Waals surface area contributed by atoms with E-state index in [-0.39, 0.29) is 24.0 Å². The Morgan fingerprint density at radius 1 is 0.405 bits per heavy atom. The Balaban J connectivity index is 0.00000320. The average Bonchev–Trinajstić information content (AvgIpc) is 2.97. The van der Waals surface area contributed by atoms with Gasteiger partial charge in [-0.2, -0.15) is 0 Å². The van der Waals surface area contributed by atoms with Crippen LogP contribution in [-0.2, 0) is 0 Å². The van der Waals surface area contributed by atoms with Crippen LogP contribution < -0.4 is 28.3 Å². The minimum absolute atomic E-state index is 0. The highest BCUT2D eigenvalue weighted by Crippen LogP contribution is 2.61. The summed E-state index contributed by atoms with van der Waals surface area (Å²) >= 11 is 0. The van der Waals surface area contributed by atoms with Gasteiger partial charge in [0, 0.05) is 11.1 Å². The van der Waals surface area contributed by atoms with Crippen LogP contribution in [0.4, 0.5) is 0 Å². The number of rotatable bonds is 8. The molecule has 0 spiro atoms. The van der Waals surface area contributed by atoms with Gasteiger partial charge in [0.2, 0.25) is 17.2 Å². The lowest BCUT2D eigenvalue weighted by Crippen LogP contribution is -3.00. The summed E-state index contributed by atoms with van der Waals surface area (Å²) in [7, 11) is -2.81. The van der Waals surface area contributed by atoms with Gasteiger partial charge in [-0.25, -0.2) is 0 Å². The van der Waals surface area contributed by atoms with Gasteiger partial charge in [-0.15, -0.1) is 0 Å². The minimum atomic E-state index is -2.81. The first kappa shape index (κ1) is 26.2. The molecule has 0 saturated carbocycles. The van der Waals surface area contributed by atoms with E-state index < -0.39 is 12.9 Å². The maximum atomic E-state index is 14.5. The van der Waals surface area contributed by atoms with Crippen molar-refractivity contribution in [2.45, 2.75) is 5.66 Å². The summed E-state index contributed by atoms with van der Waals surface area (Å²) in [6.07, 6.45) is 0. The smallest absolute Gasteiger partial charge is 0.212 e. The molecule has 5 aromatic carbocycles. The number of hydrogen-bond donors (Lipinski definition) is 0. The molecule has 2 nitrogen and oxygen atoms in total. The number of ketones is 2. The maximum absolute atomic E-state index is 14.5. The van der Waals surface area contributed by atoms with E-state index in [0.29, 0.717) is 11.1 Å². The van der Waals surface area contributed by atoms with Gasteiger partial charge >= 0.3 is 0 Å². The highest BCUT2D eigenvalue weighted by Gasteiger charge is 2.59. The fourth-order valence-electron chi connectivity index (χ4n) is 4.88. The summed E-state index contributed by atoms with van der Waals surface area (Å²) in [5, 5.41) is 3.00. The van der Waals surface area contributed by atoms with Gasteiger partial charge in [0.25, 0.3) is 0 Å². The van der Waals surface area contributed by atoms with Crippen molar-refractivity contribution in [3.63, 3.8) is 0 Å². The van der Waals surface area contributed by atoms with Crippen molar-refractivity contribution in [1.82, 2.24) is 0 Å². The van der Waals surface area contributed by atoms with E-state index in [1.54, 1.807) is 0 Å². The first-order valence-corrected chi connectivity index (χ1v) is 13.8. The molecule has 0 radical (unpaired) electrons. The molecule has 5 rings (SSSR count). The molecular formula is C33H26ClO2P. The molecule has 0 aliphatic carbocycles. The predicted molar refractivity (Wildman–Crippen MR) is 150 cm³/mol. The molecule has 182 valence electrons. The zero-order valence-electron chi connectivity index (χ0n) is 20.2. The monoisotopic (exact) mass is 520 g/mol. The molecule has 0 atom stereocenters. The van der Waals surface area contributed by atoms with Crippen molar-refractivity contribution in [3.8, 4) is 0 Å². The van der Waals surface area contributed by atoms with Gasteiger partial charge in [0.1, 0.15) is 23.2 Å². The van der Waals surface area contributed by atoms with Gasteiger partial charge < -0.3 is 12.4 Å². The molecule has 4 heteroatoms. The molecule has 0 fully saturated rings. The Hall–Kier alpha value is -3.84. The van der Waals surface area contributed by atoms with E-state index in [0.717, 1.165) is 15.9 Å². The Morgan fingerprint density at radius 2 is 0.649 bits per heavy atom. The number of halogens is 1. The summed E-state index contributed by atoms with van der Waals surface area (Å²) in [4.78, 5) is 29.1. The lowest BCUT2D eigenvalue weighted by molar-refractivity contribution is -0.0000240. The Kier molecular flexibility index (Phi) is 8.46. The van der Waals surface area contributed by atoms with Gasteiger partial charge in [-0.05, 0) is 36.4 Å². The number of Topliss-reactive ketones (excluding diaryl/α,β-unsaturated/α-hetero) is 2. The molecule has 0 amide bonds. The van der Waals surface area contributed by atoms with E-state index in [9.17, 15) is 9.59 Å². The SMILES string of the molecule is O=C(c1ccccc1)C(C(=O)c1ccccc1)[P+](c1ccccc1)(c1ccccc1)c1ccccc1.[Cl-]. The van der Waals surface area contributed by atoms with E-state index in [2.05, 4.69) is 36.4 Å². The van der Waals surface area contributed by atoms with Crippen LogP contribution >= 0.6 is 7.26 Å². The molecular weight excluding hydrogens is 495 g/mol. The summed E-state index contributed by atoms with van der Waals surface area (Å²) in [6, 6.07) is 48.7. The molecule has 37 heavy (non-hydrogen) atoms. The van der Waals surface area contributed by atoms with Crippen LogP contribution in [0.2, 0.25) is 0 Å². The third-order valence-corrected chi connectivity index (χ3v) is 11.1. The summed E-state index contributed by atoms with van der Waals surface area (Å²) in [6.45, 7) is 0. The predicted octanol–water partition coefficient (Wildman–Crippen LogP) is 3.12. The fourth-order valence-corrected chi connectivity index (χ4v) is 9.59. The zero-order valence-corrected chi connectivity index (χ0v) is 21.8. The molecule has 0 N–H and O–H groups in total. The van der Waals surface area contributed by atoms with E-state index >= 15 is 0 Å². The maximum Gasteiger partial charge on any atom is 0.212 e. The van der Waals surface area contributed by atoms with Crippen LogP contribution in [0.1, 0.15) is 20.7 Å². The van der Waals surface area contributed by atoms with Crippen LogP contribution in [0.25, 0.3) is 0 Å². The largest absolute Gasteiger partial charge is 1.00 e. The standard InChI is InChI=1S/C33H26O2P.ClH/c34-31(26-16-6-1-7-17-26)33(32(35)27-18-8-2-9-19-27)36(28-20-10-3-11-21-28,29-22-12-4-13-23-29)30-24-14-5-15-25-30;/h1-25,33H;1H/q+1;/p-1. The number of benzene rings is 5. The second-order valence-corrected chi connectivity index (χ2v) is 12.1. The van der Waals surface area contributed by atoms with Crippen LogP contribution in [0.3, 0.4) is 0 Å². The van der Waals surface area contributed by atoms with Crippen LogP contribution in [0, 0.1) is 0 Å². The fraction of sp³-hybridized carbons (Fsp3) is 0.0303. The minimum Gasteiger partial charge on any atom is -1.00 e. The molecule has 0 saturated heterocycles. The van der Waals surface area contributed by atoms with E-state index in [4.69, 9.17) is 0 Å². The summed E-state index contributed by atoms with van der Waals surface area (Å²) in [5.74, 6) is -0.316. The molecule has 0 aliphatic rings. The zero-order chi connectivity index (χ0) is 24.8. The highest BCUT2D eigenvalue weighted by atomic mass is 35.5. The van der Waals surface area contributed by atoms with Crippen molar-refractivity contribution in [2.75, 3.05) is 0 Å². The van der Waals surface area contributed by atoms with Gasteiger partial charge in [0.15, 0.2) is 0 Å². The van der Waals surface area contributed by atoms with Crippen LogP contribution in [0.5, 0.6) is 0 Å². The van der Waals surface area contributed by atoms with Gasteiger partial charge in [-0.1, -0.05) is 115 Å². The molecule has 0 unspecified atom stereocenters. The Morgan fingerprint density at radius 3 is 0.919 bits per heavy atom. The van der Waals surface area contributed by atoms with Crippen molar-refractivity contribution in [3.05, 3.63) is 163 Å². The molecule has 5 aromatic rings. The van der Waals surface area contributed by atoms with Crippen molar-refractivity contribution >= 4 is 34.7 Å². The topological polar surface area (TPSA) is 34.1 Å². The van der Waals surface area contributed by atoms with Crippen molar-refractivity contribution in [1.29, 1.82) is 0 Å². The van der Waals surface area contributed by atoms with Gasteiger partial charge in [-0.3, -0.25) is 9.59 Å². The highest BCUT2D eigenvalue weighted by molar-refractivity contribution is 7.97. The second-order valence-electron chi connectivity index (χ2n) is 8.59. The average molecular weight is 521 g/mol. The molecule has 0 aromatic heterocycles. The Labute approximate surface area is 224 Å². The Bertz CT molecular complexity index is 1290. The molecule has 0 bridgehead atoms. The lowest BCUT2D eigenvalue weighted by Gasteiger charge is -2.33. The quantitative estimate of drug-likeness (QED) is 0.179. The normalized spacial score (nSPS) is 10.9. The lowest BCUT2D eigenvalue weighted by atomic mass is 10.0. The van der Waals surface area contributed by atoms with Crippen LogP contribution in [0.15, 0.2) is 152 Å². The third-order valence-electron chi connectivity index (χ3n) is 6.49. The third kappa shape index (κ3) is 5.04. The van der Waals surface area contributed by atoms with Crippen LogP contribution in [-0.4, -0.2) is 17.2 Å².